The summed E-state index contributed by atoms with van der Waals surface area (Å²) in [6.45, 7) is 7.38. The van der Waals surface area contributed by atoms with Crippen molar-refractivity contribution in [2.24, 2.45) is 0 Å². The minimum absolute atomic E-state index is 0.0258. The van der Waals surface area contributed by atoms with Crippen molar-refractivity contribution in [3.8, 4) is 11.5 Å². The number of nitrogens with zero attached hydrogens (tertiary/aromatic N) is 2. The van der Waals surface area contributed by atoms with Crippen molar-refractivity contribution in [2.75, 3.05) is 40.4 Å². The highest BCUT2D eigenvalue weighted by Gasteiger charge is 2.28. The van der Waals surface area contributed by atoms with Gasteiger partial charge in [-0.15, -0.1) is 0 Å². The molecule has 0 saturated carbocycles. The number of quaternary nitrogens is 1. The Labute approximate surface area is 200 Å². The van der Waals surface area contributed by atoms with Crippen molar-refractivity contribution >= 4 is 27.7 Å². The molecule has 34 heavy (non-hydrogen) atoms. The lowest BCUT2D eigenvalue weighted by Crippen LogP contribution is -3.13. The Balaban J connectivity index is 1.31. The molecule has 176 valence electrons. The van der Waals surface area contributed by atoms with E-state index in [1.807, 2.05) is 23.1 Å². The highest BCUT2D eigenvalue weighted by Crippen LogP contribution is 2.30. The van der Waals surface area contributed by atoms with E-state index in [1.165, 1.54) is 32.3 Å². The summed E-state index contributed by atoms with van der Waals surface area (Å²) < 4.78 is 13.3. The number of methoxy groups -OCH3 is 2. The second-order valence-electron chi connectivity index (χ2n) is 8.87. The number of hydrogen-bond donors (Lipinski definition) is 1. The molecule has 1 aromatic heterocycles. The van der Waals surface area contributed by atoms with E-state index >= 15 is 0 Å². The van der Waals surface area contributed by atoms with E-state index in [0.717, 1.165) is 26.2 Å². The summed E-state index contributed by atoms with van der Waals surface area (Å²) in [5.41, 5.74) is 4.44. The molecular weight excluding hydrogens is 426 g/mol. The number of piperazine rings is 1. The lowest BCUT2D eigenvalue weighted by molar-refractivity contribution is -0.917. The molecule has 2 heterocycles. The minimum atomic E-state index is -0.0258. The summed E-state index contributed by atoms with van der Waals surface area (Å²) in [6.07, 6.45) is 0. The lowest BCUT2D eigenvalue weighted by atomic mass is 10.1. The molecule has 0 spiro atoms. The van der Waals surface area contributed by atoms with Gasteiger partial charge in [0.05, 0.1) is 40.4 Å². The zero-order valence-electron chi connectivity index (χ0n) is 20.1. The summed E-state index contributed by atoms with van der Waals surface area (Å²) in [5, 5.41) is 2.64. The highest BCUT2D eigenvalue weighted by molar-refractivity contribution is 6.08. The fraction of sp³-hybridized carbons (Fsp3) is 0.321. The fourth-order valence-corrected chi connectivity index (χ4v) is 5.26. The topological polar surface area (TPSA) is 48.1 Å². The standard InChI is InChI=1S/C28H31N3O3/c1-4-31-23-9-6-5-8-21(23)22-18-20(12-13-24(22)31)19-29-14-16-30(17-15-29)28(32)27-25(33-2)10-7-11-26(27)34-3/h5-13,18H,4,14-17,19H2,1-3H3/p+1. The number of carbonyl (C=O) groups is 1. The van der Waals surface area contributed by atoms with Gasteiger partial charge in [-0.3, -0.25) is 4.79 Å². The molecule has 1 amide bonds. The van der Waals surface area contributed by atoms with E-state index in [1.54, 1.807) is 14.2 Å². The number of para-hydroxylation sites is 1. The second-order valence-corrected chi connectivity index (χ2v) is 8.87. The van der Waals surface area contributed by atoms with Crippen molar-refractivity contribution in [1.82, 2.24) is 9.47 Å². The molecule has 1 aliphatic heterocycles. The third-order valence-corrected chi connectivity index (χ3v) is 7.01. The van der Waals surface area contributed by atoms with Crippen LogP contribution in [-0.2, 0) is 13.1 Å². The van der Waals surface area contributed by atoms with Gasteiger partial charge in [0.1, 0.15) is 23.6 Å². The van der Waals surface area contributed by atoms with Gasteiger partial charge in [-0.05, 0) is 37.3 Å². The van der Waals surface area contributed by atoms with Crippen LogP contribution in [0.5, 0.6) is 11.5 Å². The molecule has 0 aliphatic carbocycles. The van der Waals surface area contributed by atoms with Crippen molar-refractivity contribution in [3.05, 3.63) is 71.8 Å². The largest absolute Gasteiger partial charge is 0.496 e. The number of aromatic nitrogens is 1. The van der Waals surface area contributed by atoms with Crippen LogP contribution in [0.2, 0.25) is 0 Å². The van der Waals surface area contributed by atoms with Crippen LogP contribution in [0.3, 0.4) is 0 Å². The average molecular weight is 459 g/mol. The number of amides is 1. The van der Waals surface area contributed by atoms with Gasteiger partial charge in [0, 0.05) is 33.9 Å². The van der Waals surface area contributed by atoms with Crippen LogP contribution in [0, 0.1) is 0 Å². The van der Waals surface area contributed by atoms with Gasteiger partial charge in [-0.25, -0.2) is 0 Å². The van der Waals surface area contributed by atoms with Gasteiger partial charge >= 0.3 is 0 Å². The molecule has 5 rings (SSSR count). The van der Waals surface area contributed by atoms with E-state index in [2.05, 4.69) is 54.0 Å². The first-order chi connectivity index (χ1) is 16.6. The molecule has 0 unspecified atom stereocenters. The first-order valence-corrected chi connectivity index (χ1v) is 12.0. The molecule has 0 atom stereocenters. The molecule has 1 aliphatic rings. The normalized spacial score (nSPS) is 14.6. The molecular formula is C28H32N3O3+. The number of fused-ring (bicyclic) bond motifs is 3. The fourth-order valence-electron chi connectivity index (χ4n) is 5.26. The number of rotatable bonds is 6. The van der Waals surface area contributed by atoms with Crippen LogP contribution in [0.25, 0.3) is 21.8 Å². The van der Waals surface area contributed by atoms with Crippen molar-refractivity contribution in [2.45, 2.75) is 20.0 Å². The Bertz CT molecular complexity index is 1310. The molecule has 1 fully saturated rings. The van der Waals surface area contributed by atoms with Crippen LogP contribution in [0.15, 0.2) is 60.7 Å². The van der Waals surface area contributed by atoms with Gasteiger partial charge < -0.3 is 23.8 Å². The summed E-state index contributed by atoms with van der Waals surface area (Å²) in [6, 6.07) is 21.0. The SMILES string of the molecule is CCn1c2ccccc2c2cc(C[NH+]3CCN(C(=O)c4c(OC)cccc4OC)CC3)ccc21. The smallest absolute Gasteiger partial charge is 0.261 e. The quantitative estimate of drug-likeness (QED) is 0.482. The maximum absolute atomic E-state index is 13.3. The van der Waals surface area contributed by atoms with E-state index in [9.17, 15) is 4.79 Å². The molecule has 3 aromatic carbocycles. The van der Waals surface area contributed by atoms with Crippen LogP contribution < -0.4 is 14.4 Å². The summed E-state index contributed by atoms with van der Waals surface area (Å²) in [7, 11) is 3.17. The number of ether oxygens (including phenoxy) is 2. The third kappa shape index (κ3) is 3.88. The van der Waals surface area contributed by atoms with Gasteiger partial charge in [0.15, 0.2) is 0 Å². The number of nitrogens with one attached hydrogen (secondary N) is 1. The van der Waals surface area contributed by atoms with E-state index in [4.69, 9.17) is 9.47 Å². The predicted molar refractivity (Wildman–Crippen MR) is 135 cm³/mol. The minimum Gasteiger partial charge on any atom is -0.496 e. The number of benzene rings is 3. The summed E-state index contributed by atoms with van der Waals surface area (Å²) in [4.78, 5) is 16.7. The predicted octanol–water partition coefficient (Wildman–Crippen LogP) is 3.37. The first-order valence-electron chi connectivity index (χ1n) is 12.0. The third-order valence-electron chi connectivity index (χ3n) is 7.01. The first kappa shape index (κ1) is 22.3. The average Bonchev–Trinajstić information content (AvgIpc) is 3.21. The Morgan fingerprint density at radius 2 is 1.56 bits per heavy atom. The van der Waals surface area contributed by atoms with Crippen LogP contribution in [0.1, 0.15) is 22.8 Å². The van der Waals surface area contributed by atoms with Gasteiger partial charge in [-0.1, -0.05) is 30.3 Å². The lowest BCUT2D eigenvalue weighted by Gasteiger charge is -2.32. The molecule has 1 N–H and O–H groups in total. The van der Waals surface area contributed by atoms with Gasteiger partial charge in [0.25, 0.3) is 5.91 Å². The maximum Gasteiger partial charge on any atom is 0.261 e. The monoisotopic (exact) mass is 458 g/mol. The van der Waals surface area contributed by atoms with Crippen molar-refractivity contribution in [3.63, 3.8) is 0 Å². The van der Waals surface area contributed by atoms with Crippen LogP contribution >= 0.6 is 0 Å². The van der Waals surface area contributed by atoms with E-state index in [-0.39, 0.29) is 5.91 Å². The number of hydrogen-bond acceptors (Lipinski definition) is 3. The zero-order valence-corrected chi connectivity index (χ0v) is 20.1. The molecule has 0 bridgehead atoms. The Morgan fingerprint density at radius 1 is 0.882 bits per heavy atom. The maximum atomic E-state index is 13.3. The summed E-state index contributed by atoms with van der Waals surface area (Å²) >= 11 is 0. The molecule has 4 aromatic rings. The number of aryl methyl sites for hydroxylation is 1. The van der Waals surface area contributed by atoms with Gasteiger partial charge in [-0.2, -0.15) is 0 Å². The number of carbonyl (C=O) groups excluding carboxylic acids is 1. The van der Waals surface area contributed by atoms with E-state index in [0.29, 0.717) is 30.2 Å². The van der Waals surface area contributed by atoms with Crippen molar-refractivity contribution in [1.29, 1.82) is 0 Å². The zero-order chi connectivity index (χ0) is 23.7. The second kappa shape index (κ2) is 9.39. The Kier molecular flexibility index (Phi) is 6.16. The van der Waals surface area contributed by atoms with Crippen molar-refractivity contribution < 1.29 is 19.2 Å². The highest BCUT2D eigenvalue weighted by atomic mass is 16.5. The Morgan fingerprint density at radius 3 is 2.24 bits per heavy atom. The van der Waals surface area contributed by atoms with E-state index < -0.39 is 0 Å². The molecule has 0 radical (unpaired) electrons. The Hall–Kier alpha value is -3.51. The molecule has 1 saturated heterocycles. The van der Waals surface area contributed by atoms with Gasteiger partial charge in [0.2, 0.25) is 0 Å². The molecule has 6 nitrogen and oxygen atoms in total. The molecule has 6 heteroatoms. The summed E-state index contributed by atoms with van der Waals surface area (Å²) in [5.74, 6) is 1.08. The van der Waals surface area contributed by atoms with Crippen LogP contribution in [0.4, 0.5) is 0 Å². The van der Waals surface area contributed by atoms with Crippen LogP contribution in [-0.4, -0.2) is 55.8 Å².